The SMILES string of the molecule is CNCc1cncc(-c2cc(OC)cc(OC)c2)c1. The van der Waals surface area contributed by atoms with Crippen LogP contribution in [0.1, 0.15) is 5.56 Å². The van der Waals surface area contributed by atoms with Crippen LogP contribution in [-0.4, -0.2) is 26.3 Å². The molecule has 0 bridgehead atoms. The topological polar surface area (TPSA) is 43.4 Å². The lowest BCUT2D eigenvalue weighted by Gasteiger charge is -2.09. The summed E-state index contributed by atoms with van der Waals surface area (Å²) in [5.41, 5.74) is 3.22. The second kappa shape index (κ2) is 6.20. The van der Waals surface area contributed by atoms with E-state index >= 15 is 0 Å². The van der Waals surface area contributed by atoms with Crippen LogP contribution in [0.4, 0.5) is 0 Å². The first-order chi connectivity index (χ1) is 9.26. The largest absolute Gasteiger partial charge is 0.497 e. The third-order valence-electron chi connectivity index (χ3n) is 2.86. The fraction of sp³-hybridized carbons (Fsp3) is 0.267. The lowest BCUT2D eigenvalue weighted by Crippen LogP contribution is -2.05. The molecule has 1 N–H and O–H groups in total. The number of ether oxygens (including phenoxy) is 2. The summed E-state index contributed by atoms with van der Waals surface area (Å²) in [6.07, 6.45) is 3.70. The maximum Gasteiger partial charge on any atom is 0.123 e. The summed E-state index contributed by atoms with van der Waals surface area (Å²) in [5.74, 6) is 1.54. The zero-order valence-electron chi connectivity index (χ0n) is 11.4. The van der Waals surface area contributed by atoms with Crippen LogP contribution in [0, 0.1) is 0 Å². The molecule has 0 amide bonds. The van der Waals surface area contributed by atoms with E-state index in [-0.39, 0.29) is 0 Å². The minimum atomic E-state index is 0.772. The van der Waals surface area contributed by atoms with Gasteiger partial charge < -0.3 is 14.8 Å². The van der Waals surface area contributed by atoms with Crippen LogP contribution in [-0.2, 0) is 6.54 Å². The van der Waals surface area contributed by atoms with Gasteiger partial charge >= 0.3 is 0 Å². The molecule has 2 aromatic rings. The van der Waals surface area contributed by atoms with E-state index < -0.39 is 0 Å². The van der Waals surface area contributed by atoms with Crippen LogP contribution in [0.25, 0.3) is 11.1 Å². The van der Waals surface area contributed by atoms with Gasteiger partial charge in [0.25, 0.3) is 0 Å². The molecule has 0 saturated heterocycles. The van der Waals surface area contributed by atoms with Gasteiger partial charge in [0, 0.05) is 30.6 Å². The van der Waals surface area contributed by atoms with Gasteiger partial charge in [0.1, 0.15) is 11.5 Å². The number of nitrogens with zero attached hydrogens (tertiary/aromatic N) is 1. The number of hydrogen-bond acceptors (Lipinski definition) is 4. The molecular formula is C15H18N2O2. The van der Waals surface area contributed by atoms with Crippen LogP contribution >= 0.6 is 0 Å². The molecule has 0 unspecified atom stereocenters. The van der Waals surface area contributed by atoms with Crippen molar-refractivity contribution in [3.05, 3.63) is 42.2 Å². The Bertz CT molecular complexity index is 533. The van der Waals surface area contributed by atoms with Gasteiger partial charge in [-0.3, -0.25) is 4.98 Å². The molecule has 19 heavy (non-hydrogen) atoms. The Kier molecular flexibility index (Phi) is 4.36. The number of hydrogen-bond donors (Lipinski definition) is 1. The average Bonchev–Trinajstić information content (AvgIpc) is 2.47. The number of rotatable bonds is 5. The first kappa shape index (κ1) is 13.4. The Morgan fingerprint density at radius 1 is 0.947 bits per heavy atom. The second-order valence-corrected chi connectivity index (χ2v) is 4.21. The molecule has 1 aromatic carbocycles. The number of nitrogens with one attached hydrogen (secondary N) is 1. The molecule has 4 heteroatoms. The molecule has 0 aliphatic carbocycles. The first-order valence-electron chi connectivity index (χ1n) is 6.09. The van der Waals surface area contributed by atoms with Crippen molar-refractivity contribution < 1.29 is 9.47 Å². The molecule has 1 aromatic heterocycles. The number of methoxy groups -OCH3 is 2. The predicted octanol–water partition coefficient (Wildman–Crippen LogP) is 2.49. The fourth-order valence-corrected chi connectivity index (χ4v) is 1.92. The summed E-state index contributed by atoms with van der Waals surface area (Å²) < 4.78 is 10.6. The third kappa shape index (κ3) is 3.23. The van der Waals surface area contributed by atoms with Gasteiger partial charge in [0.15, 0.2) is 0 Å². The summed E-state index contributed by atoms with van der Waals surface area (Å²) >= 11 is 0. The van der Waals surface area contributed by atoms with E-state index in [1.807, 2.05) is 37.6 Å². The molecule has 0 aliphatic rings. The van der Waals surface area contributed by atoms with Crippen molar-refractivity contribution in [2.75, 3.05) is 21.3 Å². The molecule has 0 saturated carbocycles. The predicted molar refractivity (Wildman–Crippen MR) is 75.5 cm³/mol. The van der Waals surface area contributed by atoms with Gasteiger partial charge in [-0.2, -0.15) is 0 Å². The van der Waals surface area contributed by atoms with E-state index in [1.165, 1.54) is 0 Å². The molecule has 0 fully saturated rings. The second-order valence-electron chi connectivity index (χ2n) is 4.21. The standard InChI is InChI=1S/C15H18N2O2/c1-16-8-11-4-13(10-17-9-11)12-5-14(18-2)7-15(6-12)19-3/h4-7,9-10,16H,8H2,1-3H3. The van der Waals surface area contributed by atoms with E-state index in [4.69, 9.17) is 9.47 Å². The van der Waals surface area contributed by atoms with E-state index in [0.717, 1.165) is 34.7 Å². The summed E-state index contributed by atoms with van der Waals surface area (Å²) in [6.45, 7) is 0.794. The Hall–Kier alpha value is -2.07. The lowest BCUT2D eigenvalue weighted by molar-refractivity contribution is 0.394. The molecule has 0 atom stereocenters. The Labute approximate surface area is 113 Å². The number of aromatic nitrogens is 1. The smallest absolute Gasteiger partial charge is 0.123 e. The van der Waals surface area contributed by atoms with E-state index in [1.54, 1.807) is 14.2 Å². The zero-order chi connectivity index (χ0) is 13.7. The zero-order valence-corrected chi connectivity index (χ0v) is 11.4. The quantitative estimate of drug-likeness (QED) is 0.894. The van der Waals surface area contributed by atoms with Gasteiger partial charge in [0.05, 0.1) is 14.2 Å². The molecular weight excluding hydrogens is 240 g/mol. The molecule has 100 valence electrons. The van der Waals surface area contributed by atoms with Crippen LogP contribution in [0.15, 0.2) is 36.7 Å². The summed E-state index contributed by atoms with van der Waals surface area (Å²) in [6, 6.07) is 7.91. The van der Waals surface area contributed by atoms with Crippen molar-refractivity contribution in [2.45, 2.75) is 6.54 Å². The number of pyridine rings is 1. The van der Waals surface area contributed by atoms with Crippen molar-refractivity contribution in [1.29, 1.82) is 0 Å². The van der Waals surface area contributed by atoms with Crippen molar-refractivity contribution in [3.63, 3.8) is 0 Å². The van der Waals surface area contributed by atoms with Crippen molar-refractivity contribution >= 4 is 0 Å². The average molecular weight is 258 g/mol. The number of benzene rings is 1. The third-order valence-corrected chi connectivity index (χ3v) is 2.86. The van der Waals surface area contributed by atoms with Gasteiger partial charge in [-0.15, -0.1) is 0 Å². The lowest BCUT2D eigenvalue weighted by atomic mass is 10.1. The van der Waals surface area contributed by atoms with Crippen LogP contribution in [0.3, 0.4) is 0 Å². The Morgan fingerprint density at radius 2 is 1.63 bits per heavy atom. The van der Waals surface area contributed by atoms with E-state index in [0.29, 0.717) is 0 Å². The van der Waals surface area contributed by atoms with Crippen LogP contribution in [0.2, 0.25) is 0 Å². The minimum Gasteiger partial charge on any atom is -0.497 e. The van der Waals surface area contributed by atoms with Gasteiger partial charge in [-0.1, -0.05) is 0 Å². The van der Waals surface area contributed by atoms with Gasteiger partial charge in [-0.05, 0) is 36.4 Å². The molecule has 2 rings (SSSR count). The summed E-state index contributed by atoms with van der Waals surface area (Å²) in [5, 5.41) is 3.12. The van der Waals surface area contributed by atoms with Crippen molar-refractivity contribution in [3.8, 4) is 22.6 Å². The van der Waals surface area contributed by atoms with E-state index in [9.17, 15) is 0 Å². The molecule has 0 spiro atoms. The highest BCUT2D eigenvalue weighted by molar-refractivity contribution is 5.67. The molecule has 4 nitrogen and oxygen atoms in total. The maximum absolute atomic E-state index is 5.28. The highest BCUT2D eigenvalue weighted by Gasteiger charge is 2.05. The fourth-order valence-electron chi connectivity index (χ4n) is 1.92. The Balaban J connectivity index is 2.42. The van der Waals surface area contributed by atoms with E-state index in [2.05, 4.69) is 16.4 Å². The highest BCUT2D eigenvalue weighted by Crippen LogP contribution is 2.29. The summed E-state index contributed by atoms with van der Waals surface area (Å²) in [7, 11) is 5.21. The molecule has 0 aliphatic heterocycles. The monoisotopic (exact) mass is 258 g/mol. The maximum atomic E-state index is 5.28. The van der Waals surface area contributed by atoms with Crippen molar-refractivity contribution in [2.24, 2.45) is 0 Å². The minimum absolute atomic E-state index is 0.772. The van der Waals surface area contributed by atoms with Gasteiger partial charge in [-0.25, -0.2) is 0 Å². The van der Waals surface area contributed by atoms with Crippen LogP contribution < -0.4 is 14.8 Å². The first-order valence-corrected chi connectivity index (χ1v) is 6.09. The Morgan fingerprint density at radius 3 is 2.21 bits per heavy atom. The van der Waals surface area contributed by atoms with Crippen molar-refractivity contribution in [1.82, 2.24) is 10.3 Å². The van der Waals surface area contributed by atoms with Crippen LogP contribution in [0.5, 0.6) is 11.5 Å². The molecule has 0 radical (unpaired) electrons. The summed E-state index contributed by atoms with van der Waals surface area (Å²) in [4.78, 5) is 4.27. The highest BCUT2D eigenvalue weighted by atomic mass is 16.5. The normalized spacial score (nSPS) is 10.3. The van der Waals surface area contributed by atoms with Gasteiger partial charge in [0.2, 0.25) is 0 Å². The molecule has 1 heterocycles.